The summed E-state index contributed by atoms with van der Waals surface area (Å²) in [7, 11) is 3.11. The first kappa shape index (κ1) is 23.0. The lowest BCUT2D eigenvalue weighted by atomic mass is 10.1. The zero-order chi connectivity index (χ0) is 23.4. The van der Waals surface area contributed by atoms with Crippen LogP contribution < -0.4 is 14.8 Å². The standard InChI is InChI=1S/C25H23ClN2O4S/c1-31-20-11-12-22(32-2)21(13-20)27-24(30)17-5-7-18(8-6-17)25-28(23(29)15-33-25)14-16-3-9-19(26)10-4-16/h3-13,25H,14-15H2,1-2H3,(H,27,30)/t25-/m0/s1. The van der Waals surface area contributed by atoms with Gasteiger partial charge in [0.15, 0.2) is 0 Å². The van der Waals surface area contributed by atoms with Crippen molar-refractivity contribution in [2.75, 3.05) is 25.3 Å². The maximum Gasteiger partial charge on any atom is 0.255 e. The Balaban J connectivity index is 1.48. The van der Waals surface area contributed by atoms with Crippen molar-refractivity contribution in [1.29, 1.82) is 0 Å². The number of hydrogen-bond donors (Lipinski definition) is 1. The second-order valence-corrected chi connectivity index (χ2v) is 8.96. The summed E-state index contributed by atoms with van der Waals surface area (Å²) in [5.41, 5.74) is 3.01. The zero-order valence-corrected chi connectivity index (χ0v) is 19.8. The number of thioether (sulfide) groups is 1. The molecule has 8 heteroatoms. The minimum atomic E-state index is -0.263. The van der Waals surface area contributed by atoms with Crippen LogP contribution in [-0.2, 0) is 11.3 Å². The van der Waals surface area contributed by atoms with E-state index < -0.39 is 0 Å². The van der Waals surface area contributed by atoms with Crippen LogP contribution in [0.25, 0.3) is 0 Å². The molecule has 33 heavy (non-hydrogen) atoms. The SMILES string of the molecule is COc1ccc(OC)c(NC(=O)c2ccc([C@@H]3SCC(=O)N3Cc3ccc(Cl)cc3)cc2)c1. The molecule has 0 spiro atoms. The quantitative estimate of drug-likeness (QED) is 0.489. The molecule has 1 aliphatic heterocycles. The smallest absolute Gasteiger partial charge is 0.255 e. The fraction of sp³-hybridized carbons (Fsp3) is 0.200. The normalized spacial score (nSPS) is 15.4. The molecular weight excluding hydrogens is 460 g/mol. The third-order valence-corrected chi connectivity index (χ3v) is 6.86. The zero-order valence-electron chi connectivity index (χ0n) is 18.2. The molecule has 2 amide bonds. The van der Waals surface area contributed by atoms with Gasteiger partial charge in [0.1, 0.15) is 16.9 Å². The third-order valence-electron chi connectivity index (χ3n) is 5.35. The number of nitrogens with one attached hydrogen (secondary N) is 1. The average molecular weight is 483 g/mol. The van der Waals surface area contributed by atoms with E-state index in [-0.39, 0.29) is 17.2 Å². The molecule has 0 radical (unpaired) electrons. The number of anilines is 1. The molecule has 0 bridgehead atoms. The van der Waals surface area contributed by atoms with Crippen LogP contribution in [0.2, 0.25) is 5.02 Å². The van der Waals surface area contributed by atoms with Crippen LogP contribution in [0.4, 0.5) is 5.69 Å². The van der Waals surface area contributed by atoms with Gasteiger partial charge in [-0.25, -0.2) is 0 Å². The molecule has 3 aromatic rings. The lowest BCUT2D eigenvalue weighted by Gasteiger charge is -2.24. The fourth-order valence-corrected chi connectivity index (χ4v) is 4.91. The first-order valence-corrected chi connectivity index (χ1v) is 11.7. The molecule has 1 heterocycles. The number of ether oxygens (including phenoxy) is 2. The van der Waals surface area contributed by atoms with Gasteiger partial charge in [-0.2, -0.15) is 0 Å². The Morgan fingerprint density at radius 3 is 2.45 bits per heavy atom. The maximum atomic E-state index is 12.8. The second-order valence-electron chi connectivity index (χ2n) is 7.45. The molecular formula is C25H23ClN2O4S. The van der Waals surface area contributed by atoms with E-state index >= 15 is 0 Å². The van der Waals surface area contributed by atoms with Crippen molar-refractivity contribution in [2.24, 2.45) is 0 Å². The van der Waals surface area contributed by atoms with Gasteiger partial charge in [0, 0.05) is 23.2 Å². The van der Waals surface area contributed by atoms with E-state index in [1.54, 1.807) is 56.3 Å². The minimum absolute atomic E-state index is 0.0897. The van der Waals surface area contributed by atoms with E-state index in [0.29, 0.717) is 40.1 Å². The number of carbonyl (C=O) groups is 2. The Kier molecular flexibility index (Phi) is 7.11. The Hall–Kier alpha value is -3.16. The van der Waals surface area contributed by atoms with Gasteiger partial charge < -0.3 is 19.7 Å². The van der Waals surface area contributed by atoms with Crippen molar-refractivity contribution in [1.82, 2.24) is 4.90 Å². The van der Waals surface area contributed by atoms with Crippen molar-refractivity contribution in [3.8, 4) is 11.5 Å². The van der Waals surface area contributed by atoms with E-state index in [2.05, 4.69) is 5.32 Å². The molecule has 6 nitrogen and oxygen atoms in total. The summed E-state index contributed by atoms with van der Waals surface area (Å²) in [5.74, 6) is 1.41. The first-order valence-electron chi connectivity index (χ1n) is 10.3. The average Bonchev–Trinajstić information content (AvgIpc) is 3.20. The number of nitrogens with zero attached hydrogens (tertiary/aromatic N) is 1. The summed E-state index contributed by atoms with van der Waals surface area (Å²) in [6.45, 7) is 0.505. The molecule has 0 aliphatic carbocycles. The number of hydrogen-bond acceptors (Lipinski definition) is 5. The van der Waals surface area contributed by atoms with E-state index in [4.69, 9.17) is 21.1 Å². The van der Waals surface area contributed by atoms with Crippen LogP contribution in [0.3, 0.4) is 0 Å². The van der Waals surface area contributed by atoms with Crippen molar-refractivity contribution < 1.29 is 19.1 Å². The summed E-state index contributed by atoms with van der Waals surface area (Å²) in [6, 6.07) is 20.0. The van der Waals surface area contributed by atoms with Gasteiger partial charge in [-0.15, -0.1) is 11.8 Å². The molecule has 170 valence electrons. The number of rotatable bonds is 7. The number of benzene rings is 3. The van der Waals surface area contributed by atoms with Crippen molar-refractivity contribution in [3.05, 3.63) is 88.4 Å². The van der Waals surface area contributed by atoms with Crippen LogP contribution in [-0.4, -0.2) is 36.7 Å². The van der Waals surface area contributed by atoms with E-state index in [1.165, 1.54) is 0 Å². The van der Waals surface area contributed by atoms with Crippen LogP contribution in [0.1, 0.15) is 26.9 Å². The molecule has 1 aliphatic rings. The summed E-state index contributed by atoms with van der Waals surface area (Å²) >= 11 is 7.55. The lowest BCUT2D eigenvalue weighted by Crippen LogP contribution is -2.27. The maximum absolute atomic E-state index is 12.8. The van der Waals surface area contributed by atoms with Crippen LogP contribution >= 0.6 is 23.4 Å². The van der Waals surface area contributed by atoms with Gasteiger partial charge in [0.25, 0.3) is 5.91 Å². The van der Waals surface area contributed by atoms with E-state index in [1.807, 2.05) is 41.3 Å². The molecule has 1 fully saturated rings. The second kappa shape index (κ2) is 10.2. The highest BCUT2D eigenvalue weighted by Crippen LogP contribution is 2.39. The molecule has 0 saturated carbocycles. The van der Waals surface area contributed by atoms with Gasteiger partial charge in [0.2, 0.25) is 5.91 Å². The van der Waals surface area contributed by atoms with Gasteiger partial charge in [-0.3, -0.25) is 9.59 Å². The highest BCUT2D eigenvalue weighted by atomic mass is 35.5. The van der Waals surface area contributed by atoms with Crippen molar-refractivity contribution in [2.45, 2.75) is 11.9 Å². The molecule has 1 N–H and O–H groups in total. The first-order chi connectivity index (χ1) is 16.0. The summed E-state index contributed by atoms with van der Waals surface area (Å²) in [5, 5.41) is 3.43. The number of methoxy groups -OCH3 is 2. The highest BCUT2D eigenvalue weighted by molar-refractivity contribution is 8.00. The Morgan fingerprint density at radius 2 is 1.79 bits per heavy atom. The van der Waals surface area contributed by atoms with Gasteiger partial charge in [0.05, 0.1) is 25.7 Å². The highest BCUT2D eigenvalue weighted by Gasteiger charge is 2.32. The Morgan fingerprint density at radius 1 is 1.06 bits per heavy atom. The van der Waals surface area contributed by atoms with Crippen molar-refractivity contribution in [3.63, 3.8) is 0 Å². The predicted octanol–water partition coefficient (Wildman–Crippen LogP) is 5.38. The third kappa shape index (κ3) is 5.26. The van der Waals surface area contributed by atoms with Crippen LogP contribution in [0.15, 0.2) is 66.7 Å². The molecule has 3 aromatic carbocycles. The number of amides is 2. The topological polar surface area (TPSA) is 67.9 Å². The monoisotopic (exact) mass is 482 g/mol. The molecule has 4 rings (SSSR count). The van der Waals surface area contributed by atoms with Crippen LogP contribution in [0.5, 0.6) is 11.5 Å². The van der Waals surface area contributed by atoms with E-state index in [9.17, 15) is 9.59 Å². The molecule has 1 atom stereocenters. The van der Waals surface area contributed by atoms with Crippen LogP contribution in [0, 0.1) is 0 Å². The summed E-state index contributed by atoms with van der Waals surface area (Å²) in [6.07, 6.45) is 0. The molecule has 0 unspecified atom stereocenters. The van der Waals surface area contributed by atoms with Gasteiger partial charge >= 0.3 is 0 Å². The predicted molar refractivity (Wildman–Crippen MR) is 131 cm³/mol. The van der Waals surface area contributed by atoms with Crippen molar-refractivity contribution >= 4 is 40.9 Å². The molecule has 0 aromatic heterocycles. The number of halogens is 1. The van der Waals surface area contributed by atoms with E-state index in [0.717, 1.165) is 11.1 Å². The van der Waals surface area contributed by atoms with Gasteiger partial charge in [-0.05, 0) is 47.5 Å². The fourth-order valence-electron chi connectivity index (χ4n) is 3.59. The Labute approximate surface area is 201 Å². The lowest BCUT2D eigenvalue weighted by molar-refractivity contribution is -0.128. The molecule has 1 saturated heterocycles. The largest absolute Gasteiger partial charge is 0.497 e. The minimum Gasteiger partial charge on any atom is -0.497 e. The number of carbonyl (C=O) groups excluding carboxylic acids is 2. The summed E-state index contributed by atoms with van der Waals surface area (Å²) < 4.78 is 10.6. The summed E-state index contributed by atoms with van der Waals surface area (Å²) in [4.78, 5) is 27.2. The Bertz CT molecular complexity index is 1150. The van der Waals surface area contributed by atoms with Gasteiger partial charge in [-0.1, -0.05) is 35.9 Å².